The highest BCUT2D eigenvalue weighted by Crippen LogP contribution is 1.79. The summed E-state index contributed by atoms with van der Waals surface area (Å²) in [6.45, 7) is 0. The monoisotopic (exact) mass is 164 g/mol. The molecule has 1 aromatic heterocycles. The van der Waals surface area contributed by atoms with Gasteiger partial charge in [-0.2, -0.15) is 0 Å². The summed E-state index contributed by atoms with van der Waals surface area (Å²) in [5, 5.41) is 0. The summed E-state index contributed by atoms with van der Waals surface area (Å²) in [6.07, 6.45) is 5.08. The van der Waals surface area contributed by atoms with Crippen LogP contribution in [0.5, 0.6) is 0 Å². The number of hydrogen-bond donors (Lipinski definition) is 1. The van der Waals surface area contributed by atoms with Crippen molar-refractivity contribution in [3.8, 4) is 0 Å². The molecule has 0 saturated heterocycles. The molecule has 2 rings (SSSR count). The van der Waals surface area contributed by atoms with Crippen molar-refractivity contribution in [3.05, 3.63) is 55.1 Å². The molecule has 0 fully saturated rings. The van der Waals surface area contributed by atoms with Gasteiger partial charge in [-0.05, 0) is 0 Å². The van der Waals surface area contributed by atoms with Gasteiger partial charge in [-0.25, -0.2) is 4.98 Å². The zero-order chi connectivity index (χ0) is 7.78. The largest absolute Gasteiger partial charge is 0.412 e. The van der Waals surface area contributed by atoms with Crippen molar-refractivity contribution in [3.63, 3.8) is 0 Å². The summed E-state index contributed by atoms with van der Waals surface area (Å²) in [5.41, 5.74) is 0. The molecule has 64 valence electrons. The zero-order valence-electron chi connectivity index (χ0n) is 6.64. The number of nitrogens with one attached hydrogen (secondary N) is 1. The van der Waals surface area contributed by atoms with E-state index in [-0.39, 0.29) is 5.48 Å². The van der Waals surface area contributed by atoms with E-state index in [0.717, 1.165) is 0 Å². The molecule has 0 unspecified atom stereocenters. The van der Waals surface area contributed by atoms with Crippen LogP contribution >= 0.6 is 0 Å². The van der Waals surface area contributed by atoms with E-state index in [9.17, 15) is 0 Å². The fourth-order valence-corrected chi connectivity index (χ4v) is 0.600. The van der Waals surface area contributed by atoms with E-state index in [1.807, 2.05) is 36.4 Å². The third kappa shape index (κ3) is 5.20. The average molecular weight is 164 g/mol. The van der Waals surface area contributed by atoms with Gasteiger partial charge in [0.1, 0.15) is 0 Å². The van der Waals surface area contributed by atoms with Crippen LogP contribution in [0.1, 0.15) is 0 Å². The lowest BCUT2D eigenvalue weighted by atomic mass is 10.4. The smallest absolute Gasteiger partial charge is 0.0919 e. The maximum Gasteiger partial charge on any atom is 0.0919 e. The SMILES string of the molecule is O.c1c[nH]cn1.c1ccccc1. The van der Waals surface area contributed by atoms with E-state index >= 15 is 0 Å². The second-order valence-corrected chi connectivity index (χ2v) is 1.92. The Bertz CT molecular complexity index is 198. The van der Waals surface area contributed by atoms with E-state index in [1.54, 1.807) is 18.7 Å². The second kappa shape index (κ2) is 7.50. The van der Waals surface area contributed by atoms with Crippen molar-refractivity contribution in [1.29, 1.82) is 0 Å². The maximum atomic E-state index is 3.67. The predicted octanol–water partition coefficient (Wildman–Crippen LogP) is 1.27. The number of H-pyrrole nitrogens is 1. The van der Waals surface area contributed by atoms with E-state index in [1.165, 1.54) is 0 Å². The normalized spacial score (nSPS) is 7.33. The Labute approximate surface area is 71.4 Å². The van der Waals surface area contributed by atoms with Crippen molar-refractivity contribution in [2.24, 2.45) is 0 Å². The first-order valence-electron chi connectivity index (χ1n) is 3.43. The van der Waals surface area contributed by atoms with Crippen LogP contribution in [-0.4, -0.2) is 15.4 Å². The van der Waals surface area contributed by atoms with Crippen LogP contribution < -0.4 is 0 Å². The number of benzene rings is 1. The topological polar surface area (TPSA) is 60.2 Å². The molecule has 3 N–H and O–H groups in total. The van der Waals surface area contributed by atoms with Crippen molar-refractivity contribution < 1.29 is 5.48 Å². The molecule has 0 radical (unpaired) electrons. The predicted molar refractivity (Wildman–Crippen MR) is 48.6 cm³/mol. The summed E-state index contributed by atoms with van der Waals surface area (Å²) in [4.78, 5) is 6.42. The molecule has 0 aliphatic rings. The third-order valence-electron chi connectivity index (χ3n) is 1.07. The summed E-state index contributed by atoms with van der Waals surface area (Å²) in [6, 6.07) is 12.0. The van der Waals surface area contributed by atoms with Gasteiger partial charge in [0.15, 0.2) is 0 Å². The molecule has 0 aliphatic heterocycles. The number of nitrogens with zero attached hydrogens (tertiary/aromatic N) is 1. The molecular weight excluding hydrogens is 152 g/mol. The molecule has 0 aliphatic carbocycles. The van der Waals surface area contributed by atoms with Gasteiger partial charge >= 0.3 is 0 Å². The van der Waals surface area contributed by atoms with Gasteiger partial charge in [0.25, 0.3) is 0 Å². The van der Waals surface area contributed by atoms with Crippen LogP contribution in [0.2, 0.25) is 0 Å². The summed E-state index contributed by atoms with van der Waals surface area (Å²) < 4.78 is 0. The Hall–Kier alpha value is -1.61. The number of rotatable bonds is 0. The molecule has 0 atom stereocenters. The summed E-state index contributed by atoms with van der Waals surface area (Å²) in [5.74, 6) is 0. The van der Waals surface area contributed by atoms with E-state index in [2.05, 4.69) is 9.97 Å². The lowest BCUT2D eigenvalue weighted by Crippen LogP contribution is -1.47. The molecule has 0 amide bonds. The molecule has 0 spiro atoms. The van der Waals surface area contributed by atoms with Crippen molar-refractivity contribution in [2.45, 2.75) is 0 Å². The Morgan fingerprint density at radius 2 is 1.33 bits per heavy atom. The summed E-state index contributed by atoms with van der Waals surface area (Å²) in [7, 11) is 0. The van der Waals surface area contributed by atoms with Gasteiger partial charge in [-0.3, -0.25) is 0 Å². The minimum Gasteiger partial charge on any atom is -0.412 e. The molecule has 0 bridgehead atoms. The average Bonchev–Trinajstić information content (AvgIpc) is 2.64. The Morgan fingerprint density at radius 3 is 1.50 bits per heavy atom. The molecule has 12 heavy (non-hydrogen) atoms. The van der Waals surface area contributed by atoms with Gasteiger partial charge < -0.3 is 10.5 Å². The van der Waals surface area contributed by atoms with Crippen LogP contribution in [0.15, 0.2) is 55.1 Å². The Kier molecular flexibility index (Phi) is 6.49. The van der Waals surface area contributed by atoms with Gasteiger partial charge in [0, 0.05) is 12.4 Å². The van der Waals surface area contributed by atoms with Crippen LogP contribution in [0, 0.1) is 0 Å². The van der Waals surface area contributed by atoms with E-state index in [0.29, 0.717) is 0 Å². The zero-order valence-corrected chi connectivity index (χ0v) is 6.64. The van der Waals surface area contributed by atoms with Crippen LogP contribution in [0.25, 0.3) is 0 Å². The first-order chi connectivity index (χ1) is 5.50. The van der Waals surface area contributed by atoms with Crippen LogP contribution in [-0.2, 0) is 0 Å². The highest BCUT2D eigenvalue weighted by Gasteiger charge is 1.58. The third-order valence-corrected chi connectivity index (χ3v) is 1.07. The van der Waals surface area contributed by atoms with Crippen molar-refractivity contribution >= 4 is 0 Å². The van der Waals surface area contributed by atoms with E-state index < -0.39 is 0 Å². The molecule has 2 aromatic rings. The number of imidazole rings is 1. The maximum absolute atomic E-state index is 3.67. The Balaban J connectivity index is 0.000000189. The minimum absolute atomic E-state index is 0. The fraction of sp³-hybridized carbons (Fsp3) is 0. The fourth-order valence-electron chi connectivity index (χ4n) is 0.600. The van der Waals surface area contributed by atoms with Crippen molar-refractivity contribution in [1.82, 2.24) is 9.97 Å². The molecule has 3 nitrogen and oxygen atoms in total. The number of aromatic amines is 1. The second-order valence-electron chi connectivity index (χ2n) is 1.92. The molecule has 1 aromatic carbocycles. The van der Waals surface area contributed by atoms with Gasteiger partial charge in [-0.15, -0.1) is 0 Å². The molecule has 0 saturated carbocycles. The van der Waals surface area contributed by atoms with E-state index in [4.69, 9.17) is 0 Å². The van der Waals surface area contributed by atoms with Gasteiger partial charge in [-0.1, -0.05) is 36.4 Å². The summed E-state index contributed by atoms with van der Waals surface area (Å²) >= 11 is 0. The highest BCUT2D eigenvalue weighted by atomic mass is 16.0. The van der Waals surface area contributed by atoms with Gasteiger partial charge in [0.05, 0.1) is 6.33 Å². The van der Waals surface area contributed by atoms with Crippen LogP contribution in [0.4, 0.5) is 0 Å². The molecular formula is C9H12N2O. The first-order valence-corrected chi connectivity index (χ1v) is 3.43. The molecule has 1 heterocycles. The minimum atomic E-state index is 0. The number of hydrogen-bond acceptors (Lipinski definition) is 1. The van der Waals surface area contributed by atoms with Crippen molar-refractivity contribution in [2.75, 3.05) is 0 Å². The first kappa shape index (κ1) is 10.4. The Morgan fingerprint density at radius 1 is 0.833 bits per heavy atom. The van der Waals surface area contributed by atoms with Gasteiger partial charge in [0.2, 0.25) is 0 Å². The highest BCUT2D eigenvalue weighted by molar-refractivity contribution is 4.99. The lowest BCUT2D eigenvalue weighted by molar-refractivity contribution is 0.824. The molecule has 3 heteroatoms. The number of aromatic nitrogens is 2. The standard InChI is InChI=1S/C6H6.C3H4N2.H2O/c1-2-4-6-5-3-1;1-2-5-3-4-1;/h1-6H;1-3H,(H,4,5);1H2. The van der Waals surface area contributed by atoms with Crippen LogP contribution in [0.3, 0.4) is 0 Å². The quantitative estimate of drug-likeness (QED) is 0.626. The lowest BCUT2D eigenvalue weighted by Gasteiger charge is -1.69.